The Morgan fingerprint density at radius 3 is 2.75 bits per heavy atom. The maximum Gasteiger partial charge on any atom is 0.435 e. The molecule has 0 bridgehead atoms. The molecule has 3 aromatic rings. The summed E-state index contributed by atoms with van der Waals surface area (Å²) in [6.45, 7) is 1.43. The van der Waals surface area contributed by atoms with E-state index in [-0.39, 0.29) is 6.54 Å². The van der Waals surface area contributed by atoms with E-state index in [0.717, 1.165) is 22.3 Å². The van der Waals surface area contributed by atoms with Gasteiger partial charge in [0.15, 0.2) is 5.69 Å². The highest BCUT2D eigenvalue weighted by Crippen LogP contribution is 2.27. The Labute approximate surface area is 135 Å². The number of alkyl halides is 3. The molecule has 2 heterocycles. The third kappa shape index (κ3) is 3.42. The van der Waals surface area contributed by atoms with Crippen LogP contribution in [0.4, 0.5) is 13.2 Å². The third-order valence-electron chi connectivity index (χ3n) is 3.49. The molecule has 1 amide bonds. The molecule has 3 rings (SSSR count). The van der Waals surface area contributed by atoms with Crippen molar-refractivity contribution in [3.63, 3.8) is 0 Å². The summed E-state index contributed by atoms with van der Waals surface area (Å²) >= 11 is 0. The van der Waals surface area contributed by atoms with Crippen LogP contribution < -0.4 is 5.32 Å². The second-order valence-corrected chi connectivity index (χ2v) is 5.37. The Kier molecular flexibility index (Phi) is 4.04. The van der Waals surface area contributed by atoms with Crippen LogP contribution in [0.5, 0.6) is 0 Å². The van der Waals surface area contributed by atoms with Gasteiger partial charge in [-0.3, -0.25) is 9.48 Å². The van der Waals surface area contributed by atoms with E-state index < -0.39 is 23.8 Å². The average Bonchev–Trinajstić information content (AvgIpc) is 3.12. The van der Waals surface area contributed by atoms with E-state index in [2.05, 4.69) is 10.4 Å². The number of carbonyl (C=O) groups is 1. The summed E-state index contributed by atoms with van der Waals surface area (Å²) in [5, 5.41) is 6.94. The molecule has 0 spiro atoms. The van der Waals surface area contributed by atoms with Gasteiger partial charge in [0.1, 0.15) is 17.9 Å². The smallest absolute Gasteiger partial charge is 0.435 e. The largest absolute Gasteiger partial charge is 0.459 e. The van der Waals surface area contributed by atoms with Crippen LogP contribution in [0.15, 0.2) is 47.0 Å². The summed E-state index contributed by atoms with van der Waals surface area (Å²) in [6, 6.07) is 9.65. The number of carbonyl (C=O) groups excluding carboxylic acids is 1. The van der Waals surface area contributed by atoms with Gasteiger partial charge in [-0.15, -0.1) is 0 Å². The van der Waals surface area contributed by atoms with Crippen molar-refractivity contribution in [3.05, 3.63) is 54.0 Å². The number of hydrogen-bond acceptors (Lipinski definition) is 3. The number of halogens is 3. The minimum atomic E-state index is -4.52. The van der Waals surface area contributed by atoms with Crippen molar-refractivity contribution >= 4 is 16.9 Å². The molecule has 0 aliphatic rings. The second kappa shape index (κ2) is 6.03. The first-order valence-corrected chi connectivity index (χ1v) is 7.21. The number of para-hydroxylation sites is 1. The maximum absolute atomic E-state index is 12.5. The van der Waals surface area contributed by atoms with Gasteiger partial charge < -0.3 is 9.73 Å². The van der Waals surface area contributed by atoms with E-state index >= 15 is 0 Å². The first-order valence-electron chi connectivity index (χ1n) is 7.21. The van der Waals surface area contributed by atoms with Crippen LogP contribution >= 0.6 is 0 Å². The highest BCUT2D eigenvalue weighted by molar-refractivity contribution is 5.79. The highest BCUT2D eigenvalue weighted by Gasteiger charge is 2.33. The summed E-state index contributed by atoms with van der Waals surface area (Å²) in [5.41, 5.74) is -0.323. The fourth-order valence-electron chi connectivity index (χ4n) is 2.32. The van der Waals surface area contributed by atoms with Gasteiger partial charge in [0.2, 0.25) is 5.91 Å². The zero-order valence-corrected chi connectivity index (χ0v) is 12.7. The number of nitrogens with zero attached hydrogens (tertiary/aromatic N) is 2. The van der Waals surface area contributed by atoms with Crippen molar-refractivity contribution in [2.45, 2.75) is 25.7 Å². The molecule has 24 heavy (non-hydrogen) atoms. The van der Waals surface area contributed by atoms with Crippen molar-refractivity contribution < 1.29 is 22.4 Å². The number of nitrogens with one attached hydrogen (secondary N) is 1. The minimum Gasteiger partial charge on any atom is -0.459 e. The Bertz CT molecular complexity index is 834. The van der Waals surface area contributed by atoms with E-state index in [0.29, 0.717) is 11.3 Å². The number of amides is 1. The molecule has 0 saturated carbocycles. The van der Waals surface area contributed by atoms with Crippen LogP contribution in [0.25, 0.3) is 11.0 Å². The molecule has 2 aromatic heterocycles. The molecule has 0 fully saturated rings. The number of fused-ring (bicyclic) bond motifs is 1. The van der Waals surface area contributed by atoms with Crippen molar-refractivity contribution in [1.29, 1.82) is 0 Å². The molecule has 1 aromatic carbocycles. The lowest BCUT2D eigenvalue weighted by atomic mass is 10.2. The highest BCUT2D eigenvalue weighted by atomic mass is 19.4. The molecule has 1 N–H and O–H groups in total. The first-order chi connectivity index (χ1) is 11.3. The lowest BCUT2D eigenvalue weighted by Gasteiger charge is -2.11. The Balaban J connectivity index is 1.64. The van der Waals surface area contributed by atoms with E-state index in [1.165, 1.54) is 0 Å². The number of rotatable bonds is 4. The van der Waals surface area contributed by atoms with E-state index in [9.17, 15) is 18.0 Å². The van der Waals surface area contributed by atoms with Crippen molar-refractivity contribution in [2.24, 2.45) is 0 Å². The lowest BCUT2D eigenvalue weighted by molar-refractivity contribution is -0.141. The Morgan fingerprint density at radius 1 is 1.33 bits per heavy atom. The van der Waals surface area contributed by atoms with Gasteiger partial charge in [-0.2, -0.15) is 18.3 Å². The van der Waals surface area contributed by atoms with Gasteiger partial charge in [0, 0.05) is 11.6 Å². The number of hydrogen-bond donors (Lipinski definition) is 1. The minimum absolute atomic E-state index is 0.305. The molecule has 8 heteroatoms. The fraction of sp³-hybridized carbons (Fsp3) is 0.250. The molecular formula is C16H14F3N3O2. The van der Waals surface area contributed by atoms with Crippen LogP contribution in [0, 0.1) is 0 Å². The summed E-state index contributed by atoms with van der Waals surface area (Å²) in [5.74, 6) is 0.112. The summed E-state index contributed by atoms with van der Waals surface area (Å²) < 4.78 is 44.0. The fourth-order valence-corrected chi connectivity index (χ4v) is 2.32. The standard InChI is InChI=1S/C16H14F3N3O2/c1-10(13-8-11-4-2-3-5-12(11)24-13)20-15(23)9-22-7-6-14(21-22)16(17,18)19/h2-8,10H,9H2,1H3,(H,20,23)/t10-/m0/s1. The quantitative estimate of drug-likeness (QED) is 0.792. The van der Waals surface area contributed by atoms with Crippen molar-refractivity contribution in [2.75, 3.05) is 0 Å². The molecule has 0 saturated heterocycles. The summed E-state index contributed by atoms with van der Waals surface area (Å²) in [6.07, 6.45) is -3.41. The SMILES string of the molecule is C[C@H](NC(=O)Cn1ccc(C(F)(F)F)n1)c1cc2ccccc2o1. The number of furan rings is 1. The molecule has 0 aliphatic carbocycles. The van der Waals surface area contributed by atoms with E-state index in [1.807, 2.05) is 30.3 Å². The third-order valence-corrected chi connectivity index (χ3v) is 3.49. The predicted molar refractivity (Wildman–Crippen MR) is 80.0 cm³/mol. The van der Waals surface area contributed by atoms with Crippen LogP contribution in [0.2, 0.25) is 0 Å². The Morgan fingerprint density at radius 2 is 2.08 bits per heavy atom. The van der Waals surface area contributed by atoms with Crippen LogP contribution in [-0.4, -0.2) is 15.7 Å². The van der Waals surface area contributed by atoms with Gasteiger partial charge in [-0.1, -0.05) is 18.2 Å². The monoisotopic (exact) mass is 337 g/mol. The van der Waals surface area contributed by atoms with Crippen LogP contribution in [0.3, 0.4) is 0 Å². The topological polar surface area (TPSA) is 60.1 Å². The normalized spacial score (nSPS) is 13.2. The maximum atomic E-state index is 12.5. The van der Waals surface area contributed by atoms with Crippen molar-refractivity contribution in [1.82, 2.24) is 15.1 Å². The number of benzene rings is 1. The van der Waals surface area contributed by atoms with Gasteiger partial charge in [0.25, 0.3) is 0 Å². The predicted octanol–water partition coefficient (Wildman–Crippen LogP) is 3.53. The molecule has 5 nitrogen and oxygen atoms in total. The average molecular weight is 337 g/mol. The van der Waals surface area contributed by atoms with Crippen LogP contribution in [0.1, 0.15) is 24.4 Å². The number of aromatic nitrogens is 2. The van der Waals surface area contributed by atoms with Gasteiger partial charge in [-0.05, 0) is 25.1 Å². The summed E-state index contributed by atoms with van der Waals surface area (Å²) in [7, 11) is 0. The van der Waals surface area contributed by atoms with Gasteiger partial charge in [-0.25, -0.2) is 0 Å². The Hall–Kier alpha value is -2.77. The van der Waals surface area contributed by atoms with E-state index in [4.69, 9.17) is 4.42 Å². The van der Waals surface area contributed by atoms with Crippen LogP contribution in [-0.2, 0) is 17.5 Å². The van der Waals surface area contributed by atoms with Crippen molar-refractivity contribution in [3.8, 4) is 0 Å². The molecule has 0 unspecified atom stereocenters. The molecule has 126 valence electrons. The lowest BCUT2D eigenvalue weighted by Crippen LogP contribution is -2.30. The zero-order chi connectivity index (χ0) is 17.3. The van der Waals surface area contributed by atoms with Gasteiger partial charge >= 0.3 is 6.18 Å². The molecule has 1 atom stereocenters. The van der Waals surface area contributed by atoms with Gasteiger partial charge in [0.05, 0.1) is 6.04 Å². The first kappa shape index (κ1) is 16.1. The summed E-state index contributed by atoms with van der Waals surface area (Å²) in [4.78, 5) is 12.0. The second-order valence-electron chi connectivity index (χ2n) is 5.37. The molecular weight excluding hydrogens is 323 g/mol. The zero-order valence-electron chi connectivity index (χ0n) is 12.7. The molecule has 0 aliphatic heterocycles. The molecule has 0 radical (unpaired) electrons. The van der Waals surface area contributed by atoms with E-state index in [1.54, 1.807) is 6.92 Å².